The summed E-state index contributed by atoms with van der Waals surface area (Å²) in [6, 6.07) is 5.83. The number of hydrogen-bond acceptors (Lipinski definition) is 6. The number of nitrogens with zero attached hydrogens (tertiary/aromatic N) is 3. The molecule has 22 heavy (non-hydrogen) atoms. The van der Waals surface area contributed by atoms with E-state index >= 15 is 0 Å². The van der Waals surface area contributed by atoms with Crippen molar-refractivity contribution >= 4 is 34.9 Å². The first kappa shape index (κ1) is 15.3. The molecule has 0 unspecified atom stereocenters. The second-order valence-electron chi connectivity index (χ2n) is 4.36. The van der Waals surface area contributed by atoms with Crippen molar-refractivity contribution in [1.82, 2.24) is 10.3 Å². The zero-order valence-electron chi connectivity index (χ0n) is 11.8. The van der Waals surface area contributed by atoms with E-state index in [1.165, 1.54) is 32.0 Å². The molecule has 0 fully saturated rings. The molecule has 1 aliphatic rings. The van der Waals surface area contributed by atoms with Crippen molar-refractivity contribution in [2.45, 2.75) is 13.8 Å². The Kier molecular flexibility index (Phi) is 4.25. The van der Waals surface area contributed by atoms with E-state index in [9.17, 15) is 14.0 Å². The number of rotatable bonds is 2. The van der Waals surface area contributed by atoms with Gasteiger partial charge in [0, 0.05) is 13.8 Å². The number of para-hydroxylation sites is 1. The zero-order valence-corrected chi connectivity index (χ0v) is 11.8. The Hall–Kier alpha value is -3.10. The summed E-state index contributed by atoms with van der Waals surface area (Å²) in [5.74, 6) is -1.85. The number of halogens is 1. The lowest BCUT2D eigenvalue weighted by Gasteiger charge is -2.08. The molecule has 1 aromatic carbocycles. The van der Waals surface area contributed by atoms with Crippen LogP contribution in [-0.4, -0.2) is 34.2 Å². The van der Waals surface area contributed by atoms with Gasteiger partial charge < -0.3 is 5.32 Å². The van der Waals surface area contributed by atoms with E-state index in [0.29, 0.717) is 0 Å². The van der Waals surface area contributed by atoms with Gasteiger partial charge in [-0.3, -0.25) is 20.4 Å². The molecule has 114 valence electrons. The maximum absolute atomic E-state index is 13.5. The summed E-state index contributed by atoms with van der Waals surface area (Å²) in [6.07, 6.45) is 0. The second kappa shape index (κ2) is 6.12. The number of carbonyl (C=O) groups excluding carboxylic acids is 2. The van der Waals surface area contributed by atoms with Crippen LogP contribution in [0.15, 0.2) is 34.5 Å². The maximum atomic E-state index is 13.5. The van der Waals surface area contributed by atoms with Crippen LogP contribution in [0, 0.1) is 11.2 Å². The van der Waals surface area contributed by atoms with E-state index in [0.717, 1.165) is 5.01 Å². The summed E-state index contributed by atoms with van der Waals surface area (Å²) < 4.78 is 13.5. The largest absolute Gasteiger partial charge is 0.307 e. The van der Waals surface area contributed by atoms with Crippen LogP contribution in [0.5, 0.6) is 0 Å². The molecule has 0 saturated carbocycles. The highest BCUT2D eigenvalue weighted by atomic mass is 19.1. The Morgan fingerprint density at radius 2 is 2.00 bits per heavy atom. The molecule has 2 rings (SSSR count). The zero-order chi connectivity index (χ0) is 16.3. The van der Waals surface area contributed by atoms with Crippen molar-refractivity contribution in [1.29, 1.82) is 5.41 Å². The van der Waals surface area contributed by atoms with Gasteiger partial charge in [-0.2, -0.15) is 10.1 Å². The Labute approximate surface area is 125 Å². The van der Waals surface area contributed by atoms with Crippen LogP contribution in [0.3, 0.4) is 0 Å². The van der Waals surface area contributed by atoms with Crippen molar-refractivity contribution in [3.63, 3.8) is 0 Å². The predicted molar refractivity (Wildman–Crippen MR) is 79.0 cm³/mol. The lowest BCUT2D eigenvalue weighted by Crippen LogP contribution is -2.36. The van der Waals surface area contributed by atoms with Crippen LogP contribution in [-0.2, 0) is 9.59 Å². The predicted octanol–water partition coefficient (Wildman–Crippen LogP) is 0.883. The first-order valence-electron chi connectivity index (χ1n) is 6.24. The minimum absolute atomic E-state index is 0.0588. The van der Waals surface area contributed by atoms with Crippen molar-refractivity contribution < 1.29 is 14.0 Å². The topological polar surface area (TPSA) is 110 Å². The molecule has 0 bridgehead atoms. The molecule has 3 N–H and O–H groups in total. The third-order valence-corrected chi connectivity index (χ3v) is 2.62. The number of hydrazone groups is 2. The van der Waals surface area contributed by atoms with Crippen molar-refractivity contribution in [2.24, 2.45) is 10.2 Å². The highest BCUT2D eigenvalue weighted by Crippen LogP contribution is 2.13. The van der Waals surface area contributed by atoms with Gasteiger partial charge in [-0.05, 0) is 12.1 Å². The van der Waals surface area contributed by atoms with Gasteiger partial charge in [0.05, 0.1) is 5.69 Å². The van der Waals surface area contributed by atoms with Crippen LogP contribution >= 0.6 is 0 Å². The Bertz CT molecular complexity index is 712. The fourth-order valence-corrected chi connectivity index (χ4v) is 1.66. The van der Waals surface area contributed by atoms with E-state index in [1.54, 1.807) is 6.07 Å². The molecule has 9 heteroatoms. The number of amidine groups is 2. The molecule has 0 atom stereocenters. The highest BCUT2D eigenvalue weighted by Gasteiger charge is 2.32. The molecular weight excluding hydrogens is 291 g/mol. The van der Waals surface area contributed by atoms with Crippen LogP contribution in [0.25, 0.3) is 0 Å². The molecule has 0 aromatic heterocycles. The van der Waals surface area contributed by atoms with Crippen LogP contribution in [0.4, 0.5) is 10.1 Å². The van der Waals surface area contributed by atoms with Gasteiger partial charge in [0.25, 0.3) is 0 Å². The van der Waals surface area contributed by atoms with Gasteiger partial charge in [0.2, 0.25) is 11.8 Å². The Morgan fingerprint density at radius 3 is 2.59 bits per heavy atom. The normalized spacial score (nSPS) is 15.8. The summed E-state index contributed by atoms with van der Waals surface area (Å²) in [6.45, 7) is 2.47. The van der Waals surface area contributed by atoms with Crippen LogP contribution in [0.1, 0.15) is 13.8 Å². The molecule has 1 aliphatic heterocycles. The number of anilines is 1. The summed E-state index contributed by atoms with van der Waals surface area (Å²) in [5, 5.41) is 18.7. The van der Waals surface area contributed by atoms with Gasteiger partial charge in [0.15, 0.2) is 17.4 Å². The number of benzene rings is 1. The van der Waals surface area contributed by atoms with Gasteiger partial charge in [-0.25, -0.2) is 4.39 Å². The van der Waals surface area contributed by atoms with Crippen molar-refractivity contribution in [2.75, 3.05) is 5.43 Å². The molecule has 0 saturated heterocycles. The van der Waals surface area contributed by atoms with E-state index < -0.39 is 17.6 Å². The number of nitrogens with one attached hydrogen (secondary N) is 3. The number of carbonyl (C=O) groups is 2. The Morgan fingerprint density at radius 1 is 1.32 bits per heavy atom. The fraction of sp³-hybridized carbons (Fsp3) is 0.154. The summed E-state index contributed by atoms with van der Waals surface area (Å²) in [4.78, 5) is 22.5. The third-order valence-electron chi connectivity index (χ3n) is 2.62. The minimum Gasteiger partial charge on any atom is -0.307 e. The number of amides is 2. The Balaban J connectivity index is 2.30. The van der Waals surface area contributed by atoms with Crippen LogP contribution in [0.2, 0.25) is 0 Å². The molecule has 1 aromatic rings. The van der Waals surface area contributed by atoms with Crippen molar-refractivity contribution in [3.05, 3.63) is 30.1 Å². The quantitative estimate of drug-likeness (QED) is 0.705. The van der Waals surface area contributed by atoms with E-state index in [1.807, 2.05) is 0 Å². The molecule has 0 spiro atoms. The molecule has 0 radical (unpaired) electrons. The lowest BCUT2D eigenvalue weighted by atomic mass is 10.3. The fourth-order valence-electron chi connectivity index (χ4n) is 1.66. The second-order valence-corrected chi connectivity index (χ2v) is 4.36. The molecular formula is C13H13FN6O2. The van der Waals surface area contributed by atoms with Crippen molar-refractivity contribution in [3.8, 4) is 0 Å². The molecule has 1 heterocycles. The number of hydrogen-bond donors (Lipinski definition) is 3. The molecule has 2 amide bonds. The summed E-state index contributed by atoms with van der Waals surface area (Å²) in [7, 11) is 0. The standard InChI is InChI=1S/C13H13FN6O2/c1-7(21)16-13-11(12(15)20(19-13)8(2)22)18-17-10-6-4-3-5-9(10)14/h3-6,15,17H,1-2H3,(H,16,19,21)/b15-12?,18-11+. The van der Waals surface area contributed by atoms with E-state index in [2.05, 4.69) is 20.9 Å². The SMILES string of the molecule is CC(=O)NC1=NN(C(C)=O)C(=N)/C1=N\Nc1ccccc1F. The maximum Gasteiger partial charge on any atom is 0.245 e. The smallest absolute Gasteiger partial charge is 0.245 e. The van der Waals surface area contributed by atoms with Gasteiger partial charge >= 0.3 is 0 Å². The van der Waals surface area contributed by atoms with Gasteiger partial charge in [-0.15, -0.1) is 5.10 Å². The highest BCUT2D eigenvalue weighted by molar-refractivity contribution is 6.70. The van der Waals surface area contributed by atoms with E-state index in [-0.39, 0.29) is 23.1 Å². The average Bonchev–Trinajstić information content (AvgIpc) is 2.74. The molecule has 0 aliphatic carbocycles. The lowest BCUT2D eigenvalue weighted by molar-refractivity contribution is -0.125. The first-order chi connectivity index (χ1) is 10.4. The molecule has 8 nitrogen and oxygen atoms in total. The monoisotopic (exact) mass is 304 g/mol. The third kappa shape index (κ3) is 3.14. The van der Waals surface area contributed by atoms with Gasteiger partial charge in [0.1, 0.15) is 5.82 Å². The van der Waals surface area contributed by atoms with Gasteiger partial charge in [-0.1, -0.05) is 12.1 Å². The summed E-state index contributed by atoms with van der Waals surface area (Å²) >= 11 is 0. The minimum atomic E-state index is -0.530. The van der Waals surface area contributed by atoms with E-state index in [4.69, 9.17) is 5.41 Å². The first-order valence-corrected chi connectivity index (χ1v) is 6.24. The summed E-state index contributed by atoms with van der Waals surface area (Å²) in [5.41, 5.74) is 2.46. The van der Waals surface area contributed by atoms with Crippen LogP contribution < -0.4 is 10.7 Å². The average molecular weight is 304 g/mol.